The number of carboxylic acid groups (broad SMARTS) is 1. The van der Waals surface area contributed by atoms with Crippen LogP contribution in [0, 0.1) is 5.92 Å². The molecule has 0 saturated carbocycles. The molecule has 0 spiro atoms. The second kappa shape index (κ2) is 7.48. The number of carboxylic acids is 1. The SMILES string of the molecule is CCC(Cc1cccc(OCc2ccccc2)c1)C(=O)O. The van der Waals surface area contributed by atoms with Crippen LogP contribution in [0.1, 0.15) is 24.5 Å². The molecular weight excluding hydrogens is 264 g/mol. The van der Waals surface area contributed by atoms with Crippen LogP contribution in [-0.2, 0) is 17.8 Å². The van der Waals surface area contributed by atoms with Crippen molar-refractivity contribution in [2.45, 2.75) is 26.4 Å². The first-order valence-corrected chi connectivity index (χ1v) is 7.17. The van der Waals surface area contributed by atoms with E-state index in [1.54, 1.807) is 0 Å². The highest BCUT2D eigenvalue weighted by molar-refractivity contribution is 5.70. The first-order chi connectivity index (χ1) is 10.2. The predicted molar refractivity (Wildman–Crippen MR) is 82.3 cm³/mol. The summed E-state index contributed by atoms with van der Waals surface area (Å²) in [6, 6.07) is 17.6. The third-order valence-electron chi connectivity index (χ3n) is 3.47. The van der Waals surface area contributed by atoms with Crippen molar-refractivity contribution in [1.29, 1.82) is 0 Å². The smallest absolute Gasteiger partial charge is 0.306 e. The van der Waals surface area contributed by atoms with Gasteiger partial charge in [0.15, 0.2) is 0 Å². The van der Waals surface area contributed by atoms with E-state index in [1.165, 1.54) is 0 Å². The number of hydrogen-bond acceptors (Lipinski definition) is 2. The van der Waals surface area contributed by atoms with E-state index < -0.39 is 5.97 Å². The van der Waals surface area contributed by atoms with E-state index in [9.17, 15) is 4.79 Å². The maximum atomic E-state index is 11.1. The molecule has 0 amide bonds. The van der Waals surface area contributed by atoms with Crippen molar-refractivity contribution >= 4 is 5.97 Å². The van der Waals surface area contributed by atoms with Crippen LogP contribution in [0.3, 0.4) is 0 Å². The van der Waals surface area contributed by atoms with Gasteiger partial charge in [0.25, 0.3) is 0 Å². The highest BCUT2D eigenvalue weighted by atomic mass is 16.5. The number of ether oxygens (including phenoxy) is 1. The van der Waals surface area contributed by atoms with Crippen molar-refractivity contribution in [3.63, 3.8) is 0 Å². The average molecular weight is 284 g/mol. The second-order valence-corrected chi connectivity index (χ2v) is 5.07. The standard InChI is InChI=1S/C18H20O3/c1-2-16(18(19)20)11-15-9-6-10-17(12-15)21-13-14-7-4-3-5-8-14/h3-10,12,16H,2,11,13H2,1H3,(H,19,20). The zero-order valence-electron chi connectivity index (χ0n) is 12.2. The van der Waals surface area contributed by atoms with Gasteiger partial charge in [-0.25, -0.2) is 0 Å². The molecule has 0 bridgehead atoms. The highest BCUT2D eigenvalue weighted by Crippen LogP contribution is 2.19. The van der Waals surface area contributed by atoms with Gasteiger partial charge in [0, 0.05) is 0 Å². The number of carbonyl (C=O) groups is 1. The molecule has 0 aliphatic heterocycles. The lowest BCUT2D eigenvalue weighted by molar-refractivity contribution is -0.141. The van der Waals surface area contributed by atoms with Crippen molar-refractivity contribution < 1.29 is 14.6 Å². The molecule has 1 atom stereocenters. The van der Waals surface area contributed by atoms with Crippen molar-refractivity contribution in [2.75, 3.05) is 0 Å². The van der Waals surface area contributed by atoms with Crippen molar-refractivity contribution in [2.24, 2.45) is 5.92 Å². The van der Waals surface area contributed by atoms with Crippen LogP contribution in [0.15, 0.2) is 54.6 Å². The molecule has 0 fully saturated rings. The molecule has 0 aliphatic rings. The fourth-order valence-electron chi connectivity index (χ4n) is 2.19. The maximum absolute atomic E-state index is 11.1. The Labute approximate surface area is 125 Å². The summed E-state index contributed by atoms with van der Waals surface area (Å²) in [6.07, 6.45) is 1.17. The minimum absolute atomic E-state index is 0.339. The quantitative estimate of drug-likeness (QED) is 0.838. The second-order valence-electron chi connectivity index (χ2n) is 5.07. The Morgan fingerprint density at radius 2 is 1.81 bits per heavy atom. The first kappa shape index (κ1) is 15.1. The summed E-state index contributed by atoms with van der Waals surface area (Å²) < 4.78 is 5.76. The minimum Gasteiger partial charge on any atom is -0.489 e. The fraction of sp³-hybridized carbons (Fsp3) is 0.278. The molecule has 1 unspecified atom stereocenters. The van der Waals surface area contributed by atoms with Crippen molar-refractivity contribution in [3.05, 3.63) is 65.7 Å². The molecule has 2 aromatic rings. The van der Waals surface area contributed by atoms with Crippen LogP contribution in [0.25, 0.3) is 0 Å². The maximum Gasteiger partial charge on any atom is 0.306 e. The lowest BCUT2D eigenvalue weighted by Gasteiger charge is -2.11. The Morgan fingerprint density at radius 1 is 1.10 bits per heavy atom. The number of aliphatic carboxylic acids is 1. The van der Waals surface area contributed by atoms with E-state index in [1.807, 2.05) is 61.5 Å². The summed E-state index contributed by atoms with van der Waals surface area (Å²) >= 11 is 0. The third kappa shape index (κ3) is 4.63. The van der Waals surface area contributed by atoms with Gasteiger partial charge in [-0.3, -0.25) is 4.79 Å². The lowest BCUT2D eigenvalue weighted by Crippen LogP contribution is -2.15. The Balaban J connectivity index is 1.99. The predicted octanol–water partition coefficient (Wildman–Crippen LogP) is 3.92. The fourth-order valence-corrected chi connectivity index (χ4v) is 2.19. The van der Waals surface area contributed by atoms with E-state index in [0.29, 0.717) is 19.4 Å². The molecule has 0 heterocycles. The monoisotopic (exact) mass is 284 g/mol. The molecular formula is C18H20O3. The van der Waals surface area contributed by atoms with E-state index in [-0.39, 0.29) is 5.92 Å². The number of rotatable bonds is 7. The van der Waals surface area contributed by atoms with E-state index in [4.69, 9.17) is 9.84 Å². The van der Waals surface area contributed by atoms with Gasteiger partial charge in [0.2, 0.25) is 0 Å². The third-order valence-corrected chi connectivity index (χ3v) is 3.47. The molecule has 0 radical (unpaired) electrons. The molecule has 2 rings (SSSR count). The zero-order chi connectivity index (χ0) is 15.1. The molecule has 3 nitrogen and oxygen atoms in total. The summed E-state index contributed by atoms with van der Waals surface area (Å²) in [5.74, 6) is -0.306. The molecule has 0 aliphatic carbocycles. The molecule has 3 heteroatoms. The highest BCUT2D eigenvalue weighted by Gasteiger charge is 2.15. The summed E-state index contributed by atoms with van der Waals surface area (Å²) in [4.78, 5) is 11.1. The minimum atomic E-state index is -0.742. The van der Waals surface area contributed by atoms with Gasteiger partial charge in [-0.05, 0) is 36.1 Å². The normalized spacial score (nSPS) is 11.9. The summed E-state index contributed by atoms with van der Waals surface area (Å²) in [7, 11) is 0. The summed E-state index contributed by atoms with van der Waals surface area (Å²) in [5.41, 5.74) is 2.11. The molecule has 1 N–H and O–H groups in total. The van der Waals surface area contributed by atoms with Crippen LogP contribution in [0.2, 0.25) is 0 Å². The number of benzene rings is 2. The van der Waals surface area contributed by atoms with Crippen LogP contribution in [0.4, 0.5) is 0 Å². The summed E-state index contributed by atoms with van der Waals surface area (Å²) in [5, 5.41) is 9.12. The lowest BCUT2D eigenvalue weighted by atomic mass is 9.97. The number of hydrogen-bond donors (Lipinski definition) is 1. The molecule has 2 aromatic carbocycles. The van der Waals surface area contributed by atoms with Gasteiger partial charge in [-0.1, -0.05) is 49.4 Å². The van der Waals surface area contributed by atoms with Gasteiger partial charge in [0.05, 0.1) is 5.92 Å². The van der Waals surface area contributed by atoms with E-state index >= 15 is 0 Å². The topological polar surface area (TPSA) is 46.5 Å². The Morgan fingerprint density at radius 3 is 2.48 bits per heavy atom. The van der Waals surface area contributed by atoms with Gasteiger partial charge >= 0.3 is 5.97 Å². The van der Waals surface area contributed by atoms with Crippen LogP contribution < -0.4 is 4.74 Å². The molecule has 0 saturated heterocycles. The zero-order valence-corrected chi connectivity index (χ0v) is 12.2. The van der Waals surface area contributed by atoms with Crippen molar-refractivity contribution in [1.82, 2.24) is 0 Å². The van der Waals surface area contributed by atoms with Crippen LogP contribution >= 0.6 is 0 Å². The van der Waals surface area contributed by atoms with Crippen LogP contribution in [0.5, 0.6) is 5.75 Å². The molecule has 21 heavy (non-hydrogen) atoms. The first-order valence-electron chi connectivity index (χ1n) is 7.17. The van der Waals surface area contributed by atoms with Gasteiger partial charge < -0.3 is 9.84 Å². The Kier molecular flexibility index (Phi) is 5.38. The largest absolute Gasteiger partial charge is 0.489 e. The van der Waals surface area contributed by atoms with Crippen LogP contribution in [-0.4, -0.2) is 11.1 Å². The molecule has 110 valence electrons. The summed E-state index contributed by atoms with van der Waals surface area (Å²) in [6.45, 7) is 2.41. The Bertz CT molecular complexity index is 578. The van der Waals surface area contributed by atoms with E-state index in [0.717, 1.165) is 16.9 Å². The average Bonchev–Trinajstić information content (AvgIpc) is 2.52. The van der Waals surface area contributed by atoms with Gasteiger partial charge in [0.1, 0.15) is 12.4 Å². The van der Waals surface area contributed by atoms with E-state index in [2.05, 4.69) is 0 Å². The van der Waals surface area contributed by atoms with Crippen molar-refractivity contribution in [3.8, 4) is 5.75 Å². The Hall–Kier alpha value is -2.29. The van der Waals surface area contributed by atoms with Gasteiger partial charge in [-0.15, -0.1) is 0 Å². The molecule has 0 aromatic heterocycles. The van der Waals surface area contributed by atoms with Gasteiger partial charge in [-0.2, -0.15) is 0 Å².